The minimum Gasteiger partial charge on any atom is -0.352 e. The molecule has 4 rings (SSSR count). The Morgan fingerprint density at radius 1 is 1.13 bits per heavy atom. The summed E-state index contributed by atoms with van der Waals surface area (Å²) in [4.78, 5) is 30.7. The van der Waals surface area contributed by atoms with Crippen molar-refractivity contribution in [2.24, 2.45) is 5.92 Å². The van der Waals surface area contributed by atoms with Crippen LogP contribution in [-0.4, -0.2) is 27.3 Å². The zero-order chi connectivity index (χ0) is 21.1. The van der Waals surface area contributed by atoms with Gasteiger partial charge in [-0.1, -0.05) is 61.9 Å². The van der Waals surface area contributed by atoms with Gasteiger partial charge in [0.1, 0.15) is 0 Å². The summed E-state index contributed by atoms with van der Waals surface area (Å²) >= 11 is 1.32. The van der Waals surface area contributed by atoms with Crippen LogP contribution in [0.4, 0.5) is 0 Å². The SMILES string of the molecule is Cc1ccccc1-n1c(SCC(=O)N[C@@H]2CCCC[C@@H]2C)nc2ccccc2c1=O. The van der Waals surface area contributed by atoms with Crippen LogP contribution in [0.5, 0.6) is 0 Å². The topological polar surface area (TPSA) is 64.0 Å². The summed E-state index contributed by atoms with van der Waals surface area (Å²) in [6.45, 7) is 4.18. The molecule has 1 saturated carbocycles. The summed E-state index contributed by atoms with van der Waals surface area (Å²) in [5.74, 6) is 0.744. The number of benzene rings is 2. The van der Waals surface area contributed by atoms with Gasteiger partial charge in [-0.15, -0.1) is 0 Å². The summed E-state index contributed by atoms with van der Waals surface area (Å²) in [6, 6.07) is 15.4. The van der Waals surface area contributed by atoms with Crippen LogP contribution in [0.25, 0.3) is 16.6 Å². The lowest BCUT2D eigenvalue weighted by atomic mass is 9.86. The first-order chi connectivity index (χ1) is 14.5. The predicted molar refractivity (Wildman–Crippen MR) is 122 cm³/mol. The van der Waals surface area contributed by atoms with Gasteiger partial charge in [-0.25, -0.2) is 4.98 Å². The molecule has 1 heterocycles. The number of thioether (sulfide) groups is 1. The number of fused-ring (bicyclic) bond motifs is 1. The van der Waals surface area contributed by atoms with Crippen molar-refractivity contribution in [3.63, 3.8) is 0 Å². The highest BCUT2D eigenvalue weighted by Crippen LogP contribution is 2.25. The van der Waals surface area contributed by atoms with E-state index in [-0.39, 0.29) is 23.3 Å². The monoisotopic (exact) mass is 421 g/mol. The number of para-hydroxylation sites is 2. The third-order valence-electron chi connectivity index (χ3n) is 5.89. The number of carbonyl (C=O) groups excluding carboxylic acids is 1. The number of hydrogen-bond donors (Lipinski definition) is 1. The highest BCUT2D eigenvalue weighted by Gasteiger charge is 2.23. The molecule has 1 aliphatic rings. The van der Waals surface area contributed by atoms with Gasteiger partial charge in [0, 0.05) is 6.04 Å². The molecule has 2 atom stereocenters. The van der Waals surface area contributed by atoms with Crippen LogP contribution < -0.4 is 10.9 Å². The molecule has 1 N–H and O–H groups in total. The number of aryl methyl sites for hydroxylation is 1. The van der Waals surface area contributed by atoms with Gasteiger partial charge in [-0.2, -0.15) is 0 Å². The summed E-state index contributed by atoms with van der Waals surface area (Å²) < 4.78 is 1.64. The second kappa shape index (κ2) is 9.04. The second-order valence-electron chi connectivity index (χ2n) is 8.06. The Hall–Kier alpha value is -2.60. The molecule has 6 heteroatoms. The van der Waals surface area contributed by atoms with Gasteiger partial charge in [0.15, 0.2) is 5.16 Å². The number of amides is 1. The van der Waals surface area contributed by atoms with Crippen molar-refractivity contribution < 1.29 is 4.79 Å². The Kier molecular flexibility index (Phi) is 6.23. The molecule has 3 aromatic rings. The molecule has 156 valence electrons. The fraction of sp³-hybridized carbons (Fsp3) is 0.375. The zero-order valence-corrected chi connectivity index (χ0v) is 18.2. The molecule has 0 aliphatic heterocycles. The molecule has 0 saturated heterocycles. The van der Waals surface area contributed by atoms with Crippen LogP contribution in [0.15, 0.2) is 58.5 Å². The van der Waals surface area contributed by atoms with Gasteiger partial charge in [-0.05, 0) is 49.4 Å². The smallest absolute Gasteiger partial charge is 0.266 e. The Morgan fingerprint density at radius 3 is 2.67 bits per heavy atom. The van der Waals surface area contributed by atoms with Gasteiger partial charge in [0.2, 0.25) is 5.91 Å². The molecule has 1 fully saturated rings. The van der Waals surface area contributed by atoms with Gasteiger partial charge in [0.05, 0.1) is 22.3 Å². The molecular formula is C24H27N3O2S. The van der Waals surface area contributed by atoms with Crippen LogP contribution in [-0.2, 0) is 4.79 Å². The predicted octanol–water partition coefficient (Wildman–Crippen LogP) is 4.48. The third-order valence-corrected chi connectivity index (χ3v) is 6.83. The number of aromatic nitrogens is 2. The number of carbonyl (C=O) groups is 1. The van der Waals surface area contributed by atoms with E-state index in [4.69, 9.17) is 4.98 Å². The molecular weight excluding hydrogens is 394 g/mol. The van der Waals surface area contributed by atoms with Crippen LogP contribution in [0.3, 0.4) is 0 Å². The lowest BCUT2D eigenvalue weighted by molar-refractivity contribution is -0.119. The van der Waals surface area contributed by atoms with E-state index in [1.165, 1.54) is 24.6 Å². The van der Waals surface area contributed by atoms with E-state index in [2.05, 4.69) is 12.2 Å². The Bertz CT molecular complexity index is 1120. The third kappa shape index (κ3) is 4.29. The summed E-state index contributed by atoms with van der Waals surface area (Å²) in [6.07, 6.45) is 4.62. The molecule has 0 radical (unpaired) electrons. The van der Waals surface area contributed by atoms with Crippen LogP contribution in [0, 0.1) is 12.8 Å². The summed E-state index contributed by atoms with van der Waals surface area (Å²) in [5.41, 5.74) is 2.32. The number of nitrogens with zero attached hydrogens (tertiary/aromatic N) is 2. The fourth-order valence-electron chi connectivity index (χ4n) is 4.15. The minimum atomic E-state index is -0.112. The van der Waals surface area contributed by atoms with Crippen molar-refractivity contribution in [1.82, 2.24) is 14.9 Å². The zero-order valence-electron chi connectivity index (χ0n) is 17.4. The first-order valence-electron chi connectivity index (χ1n) is 10.5. The van der Waals surface area contributed by atoms with Crippen molar-refractivity contribution in [3.8, 4) is 5.69 Å². The lowest BCUT2D eigenvalue weighted by Gasteiger charge is -2.29. The Morgan fingerprint density at radius 2 is 1.87 bits per heavy atom. The van der Waals surface area contributed by atoms with E-state index in [9.17, 15) is 9.59 Å². The van der Waals surface area contributed by atoms with Crippen molar-refractivity contribution in [2.45, 2.75) is 50.7 Å². The van der Waals surface area contributed by atoms with Crippen LogP contribution >= 0.6 is 11.8 Å². The van der Waals surface area contributed by atoms with Gasteiger partial charge < -0.3 is 5.32 Å². The van der Waals surface area contributed by atoms with E-state index in [0.717, 1.165) is 24.1 Å². The Balaban J connectivity index is 1.64. The molecule has 0 bridgehead atoms. The van der Waals surface area contributed by atoms with Crippen LogP contribution in [0.1, 0.15) is 38.2 Å². The summed E-state index contributed by atoms with van der Waals surface area (Å²) in [5, 5.41) is 4.30. The average Bonchev–Trinajstić information content (AvgIpc) is 2.75. The van der Waals surface area contributed by atoms with Crippen molar-refractivity contribution in [3.05, 3.63) is 64.4 Å². The van der Waals surface area contributed by atoms with Gasteiger partial charge >= 0.3 is 0 Å². The average molecular weight is 422 g/mol. The molecule has 1 aliphatic carbocycles. The first-order valence-corrected chi connectivity index (χ1v) is 11.5. The largest absolute Gasteiger partial charge is 0.352 e. The molecule has 2 aromatic carbocycles. The molecule has 1 amide bonds. The van der Waals surface area contributed by atoms with Crippen LogP contribution in [0.2, 0.25) is 0 Å². The summed E-state index contributed by atoms with van der Waals surface area (Å²) in [7, 11) is 0. The van der Waals surface area contributed by atoms with Crippen molar-refractivity contribution >= 4 is 28.6 Å². The first kappa shape index (κ1) is 20.7. The van der Waals surface area contributed by atoms with Gasteiger partial charge in [0.25, 0.3) is 5.56 Å². The Labute approximate surface area is 180 Å². The molecule has 1 aromatic heterocycles. The minimum absolute atomic E-state index is 0.00232. The fourth-order valence-corrected chi connectivity index (χ4v) is 4.96. The standard InChI is InChI=1S/C24H27N3O2S/c1-16-9-3-6-12-19(16)25-22(28)15-30-24-26-20-13-7-5-11-18(20)23(29)27(24)21-14-8-4-10-17(21)2/h4-5,7-8,10-11,13-14,16,19H,3,6,9,12,15H2,1-2H3,(H,25,28)/t16-,19+/m0/s1. The maximum atomic E-state index is 13.3. The maximum absolute atomic E-state index is 13.3. The highest BCUT2D eigenvalue weighted by molar-refractivity contribution is 7.99. The van der Waals surface area contributed by atoms with Crippen molar-refractivity contribution in [2.75, 3.05) is 5.75 Å². The van der Waals surface area contributed by atoms with E-state index in [1.54, 1.807) is 10.6 Å². The van der Waals surface area contributed by atoms with E-state index >= 15 is 0 Å². The quantitative estimate of drug-likeness (QED) is 0.487. The second-order valence-corrected chi connectivity index (χ2v) is 9.01. The molecule has 5 nitrogen and oxygen atoms in total. The van der Waals surface area contributed by atoms with E-state index < -0.39 is 0 Å². The number of rotatable bonds is 5. The molecule has 30 heavy (non-hydrogen) atoms. The molecule has 0 spiro atoms. The van der Waals surface area contributed by atoms with E-state index in [0.29, 0.717) is 22.0 Å². The van der Waals surface area contributed by atoms with Crippen molar-refractivity contribution in [1.29, 1.82) is 0 Å². The highest BCUT2D eigenvalue weighted by atomic mass is 32.2. The maximum Gasteiger partial charge on any atom is 0.266 e. The van der Waals surface area contributed by atoms with Gasteiger partial charge in [-0.3, -0.25) is 14.2 Å². The number of nitrogens with one attached hydrogen (secondary N) is 1. The number of hydrogen-bond acceptors (Lipinski definition) is 4. The molecule has 0 unspecified atom stereocenters. The normalized spacial score (nSPS) is 19.0. The van der Waals surface area contributed by atoms with E-state index in [1.807, 2.05) is 49.4 Å². The lowest BCUT2D eigenvalue weighted by Crippen LogP contribution is -2.41.